The van der Waals surface area contributed by atoms with Crippen LogP contribution in [0.5, 0.6) is 0 Å². The lowest BCUT2D eigenvalue weighted by Gasteiger charge is -2.10. The van der Waals surface area contributed by atoms with E-state index in [4.69, 9.17) is 11.6 Å². The number of nitrogens with one attached hydrogen (secondary N) is 1. The van der Waals surface area contributed by atoms with E-state index < -0.39 is 0 Å². The maximum atomic E-state index is 5.89. The van der Waals surface area contributed by atoms with Gasteiger partial charge in [-0.15, -0.1) is 0 Å². The molecule has 1 N–H and O–H groups in total. The number of rotatable bonds is 6. The van der Waals surface area contributed by atoms with E-state index in [9.17, 15) is 0 Å². The smallest absolute Gasteiger partial charge is 0.0406 e. The molecule has 0 amide bonds. The Morgan fingerprint density at radius 2 is 1.75 bits per heavy atom. The normalized spacial score (nSPS) is 14.4. The van der Waals surface area contributed by atoms with Crippen LogP contribution in [0.2, 0.25) is 5.02 Å². The van der Waals surface area contributed by atoms with Gasteiger partial charge in [0, 0.05) is 11.6 Å². The Hall–Kier alpha value is -1.31. The number of hydrogen-bond donors (Lipinski definition) is 1. The zero-order chi connectivity index (χ0) is 13.8. The van der Waals surface area contributed by atoms with Crippen LogP contribution >= 0.6 is 11.6 Å². The second-order valence-corrected chi connectivity index (χ2v) is 5.96. The second-order valence-electron chi connectivity index (χ2n) is 5.53. The molecule has 1 aliphatic rings. The van der Waals surface area contributed by atoms with Gasteiger partial charge in [-0.25, -0.2) is 0 Å². The van der Waals surface area contributed by atoms with Crippen LogP contribution in [-0.4, -0.2) is 6.54 Å². The first-order valence-corrected chi connectivity index (χ1v) is 7.74. The van der Waals surface area contributed by atoms with E-state index in [1.807, 2.05) is 12.1 Å². The fourth-order valence-corrected chi connectivity index (χ4v) is 2.72. The van der Waals surface area contributed by atoms with Gasteiger partial charge in [-0.05, 0) is 60.5 Å². The molecule has 0 aliphatic heterocycles. The van der Waals surface area contributed by atoms with Crippen LogP contribution in [0.1, 0.15) is 35.4 Å². The van der Waals surface area contributed by atoms with Crippen molar-refractivity contribution in [2.75, 3.05) is 6.54 Å². The summed E-state index contributed by atoms with van der Waals surface area (Å²) in [5.74, 6) is 0.823. The first-order chi connectivity index (χ1) is 9.83. The molecule has 2 heteroatoms. The molecule has 1 fully saturated rings. The third-order valence-electron chi connectivity index (χ3n) is 3.89. The molecule has 0 radical (unpaired) electrons. The number of benzene rings is 2. The molecule has 20 heavy (non-hydrogen) atoms. The van der Waals surface area contributed by atoms with E-state index in [1.165, 1.54) is 24.0 Å². The fraction of sp³-hybridized carbons (Fsp3) is 0.333. The van der Waals surface area contributed by atoms with E-state index in [1.54, 1.807) is 5.56 Å². The highest BCUT2D eigenvalue weighted by molar-refractivity contribution is 6.30. The van der Waals surface area contributed by atoms with Gasteiger partial charge in [-0.2, -0.15) is 0 Å². The van der Waals surface area contributed by atoms with Crippen LogP contribution in [-0.2, 0) is 13.0 Å². The van der Waals surface area contributed by atoms with Crippen molar-refractivity contribution in [1.82, 2.24) is 5.32 Å². The fourth-order valence-electron chi connectivity index (χ4n) is 2.59. The lowest BCUT2D eigenvalue weighted by molar-refractivity contribution is 0.682. The van der Waals surface area contributed by atoms with Crippen molar-refractivity contribution in [3.8, 4) is 0 Å². The SMILES string of the molecule is Clc1ccc(CCNCc2ccccc2C2CC2)cc1. The summed E-state index contributed by atoms with van der Waals surface area (Å²) in [7, 11) is 0. The average molecular weight is 286 g/mol. The highest BCUT2D eigenvalue weighted by atomic mass is 35.5. The maximum Gasteiger partial charge on any atom is 0.0406 e. The van der Waals surface area contributed by atoms with Gasteiger partial charge in [0.25, 0.3) is 0 Å². The summed E-state index contributed by atoms with van der Waals surface area (Å²) in [5.41, 5.74) is 4.34. The first-order valence-electron chi connectivity index (χ1n) is 7.36. The molecule has 0 bridgehead atoms. The third kappa shape index (κ3) is 3.62. The predicted molar refractivity (Wildman–Crippen MR) is 85.3 cm³/mol. The van der Waals surface area contributed by atoms with Gasteiger partial charge in [0.15, 0.2) is 0 Å². The van der Waals surface area contributed by atoms with Gasteiger partial charge in [0.1, 0.15) is 0 Å². The summed E-state index contributed by atoms with van der Waals surface area (Å²) in [6.45, 7) is 1.97. The minimum atomic E-state index is 0.806. The Balaban J connectivity index is 1.49. The summed E-state index contributed by atoms with van der Waals surface area (Å²) in [4.78, 5) is 0. The molecule has 0 unspecified atom stereocenters. The summed E-state index contributed by atoms with van der Waals surface area (Å²) < 4.78 is 0. The quantitative estimate of drug-likeness (QED) is 0.768. The Morgan fingerprint density at radius 3 is 2.50 bits per heavy atom. The molecule has 1 saturated carbocycles. The van der Waals surface area contributed by atoms with Crippen LogP contribution in [0.25, 0.3) is 0 Å². The third-order valence-corrected chi connectivity index (χ3v) is 4.14. The molecular formula is C18H20ClN. The zero-order valence-corrected chi connectivity index (χ0v) is 12.4. The maximum absolute atomic E-state index is 5.89. The molecule has 0 spiro atoms. The summed E-state index contributed by atoms with van der Waals surface area (Å²) in [5, 5.41) is 4.36. The zero-order valence-electron chi connectivity index (χ0n) is 11.6. The van der Waals surface area contributed by atoms with Gasteiger partial charge in [-0.3, -0.25) is 0 Å². The highest BCUT2D eigenvalue weighted by Gasteiger charge is 2.25. The van der Waals surface area contributed by atoms with Crippen LogP contribution in [0.15, 0.2) is 48.5 Å². The lowest BCUT2D eigenvalue weighted by Crippen LogP contribution is -2.17. The monoisotopic (exact) mass is 285 g/mol. The summed E-state index contributed by atoms with van der Waals surface area (Å²) >= 11 is 5.89. The van der Waals surface area contributed by atoms with Crippen molar-refractivity contribution in [2.24, 2.45) is 0 Å². The van der Waals surface area contributed by atoms with Crippen LogP contribution in [0.4, 0.5) is 0 Å². The van der Waals surface area contributed by atoms with Crippen LogP contribution in [0, 0.1) is 0 Å². The van der Waals surface area contributed by atoms with E-state index in [2.05, 4.69) is 41.7 Å². The topological polar surface area (TPSA) is 12.0 Å². The molecule has 1 nitrogen and oxygen atoms in total. The van der Waals surface area contributed by atoms with Crippen molar-refractivity contribution in [3.63, 3.8) is 0 Å². The van der Waals surface area contributed by atoms with Crippen molar-refractivity contribution in [1.29, 1.82) is 0 Å². The van der Waals surface area contributed by atoms with E-state index in [0.717, 1.165) is 30.5 Å². The highest BCUT2D eigenvalue weighted by Crippen LogP contribution is 2.41. The van der Waals surface area contributed by atoms with Crippen molar-refractivity contribution < 1.29 is 0 Å². The molecule has 0 heterocycles. The minimum absolute atomic E-state index is 0.806. The Bertz CT molecular complexity index is 558. The second kappa shape index (κ2) is 6.43. The molecular weight excluding hydrogens is 266 g/mol. The molecule has 0 saturated heterocycles. The van der Waals surface area contributed by atoms with E-state index in [-0.39, 0.29) is 0 Å². The van der Waals surface area contributed by atoms with Gasteiger partial charge >= 0.3 is 0 Å². The van der Waals surface area contributed by atoms with Gasteiger partial charge < -0.3 is 5.32 Å². The Morgan fingerprint density at radius 1 is 1.00 bits per heavy atom. The summed E-state index contributed by atoms with van der Waals surface area (Å²) in [6, 6.07) is 17.0. The molecule has 3 rings (SSSR count). The van der Waals surface area contributed by atoms with Crippen LogP contribution in [0.3, 0.4) is 0 Å². The molecule has 2 aromatic rings. The largest absolute Gasteiger partial charge is 0.312 e. The average Bonchev–Trinajstić information content (AvgIpc) is 3.30. The van der Waals surface area contributed by atoms with E-state index >= 15 is 0 Å². The number of hydrogen-bond acceptors (Lipinski definition) is 1. The molecule has 2 aromatic carbocycles. The van der Waals surface area contributed by atoms with Crippen molar-refractivity contribution >= 4 is 11.6 Å². The predicted octanol–water partition coefficient (Wildman–Crippen LogP) is 4.55. The molecule has 0 atom stereocenters. The Labute approximate surface area is 126 Å². The van der Waals surface area contributed by atoms with E-state index in [0.29, 0.717) is 0 Å². The van der Waals surface area contributed by atoms with Gasteiger partial charge in [0.05, 0.1) is 0 Å². The van der Waals surface area contributed by atoms with Crippen molar-refractivity contribution in [2.45, 2.75) is 31.7 Å². The minimum Gasteiger partial charge on any atom is -0.312 e. The lowest BCUT2D eigenvalue weighted by atomic mass is 10.0. The molecule has 1 aliphatic carbocycles. The number of halogens is 1. The first kappa shape index (κ1) is 13.7. The molecule has 0 aromatic heterocycles. The molecule has 104 valence electrons. The van der Waals surface area contributed by atoms with Crippen LogP contribution < -0.4 is 5.32 Å². The summed E-state index contributed by atoms with van der Waals surface area (Å²) in [6.07, 6.45) is 3.77. The standard InChI is InChI=1S/C18H20ClN/c19-17-9-5-14(6-10-17)11-12-20-13-16-3-1-2-4-18(16)15-7-8-15/h1-6,9-10,15,20H,7-8,11-13H2. The van der Waals surface area contributed by atoms with Gasteiger partial charge in [0.2, 0.25) is 0 Å². The van der Waals surface area contributed by atoms with Crippen molar-refractivity contribution in [3.05, 3.63) is 70.2 Å². The van der Waals surface area contributed by atoms with Gasteiger partial charge in [-0.1, -0.05) is 48.0 Å². The Kier molecular flexibility index (Phi) is 4.39.